The molecule has 0 saturated heterocycles. The molecule has 0 radical (unpaired) electrons. The van der Waals surface area contributed by atoms with E-state index in [0.717, 1.165) is 11.8 Å². The van der Waals surface area contributed by atoms with Crippen LogP contribution in [-0.4, -0.2) is 0 Å². The van der Waals surface area contributed by atoms with Gasteiger partial charge in [0.05, 0.1) is 4.75 Å². The molecule has 0 bridgehead atoms. The molecular formula is C82H56S. The summed E-state index contributed by atoms with van der Waals surface area (Å²) in [5, 5.41) is 31.0. The Morgan fingerprint density at radius 1 is 0.337 bits per heavy atom. The molecule has 1 heterocycles. The van der Waals surface area contributed by atoms with E-state index in [9.17, 15) is 0 Å². The zero-order chi connectivity index (χ0) is 51.1. The molecule has 23 aliphatic rings. The van der Waals surface area contributed by atoms with Gasteiger partial charge in [-0.15, -0.1) is 11.8 Å². The van der Waals surface area contributed by atoms with Gasteiger partial charge >= 0.3 is 0 Å². The number of thioether (sulfide) groups is 1. The highest BCUT2D eigenvalue weighted by atomic mass is 32.2. The molecule has 0 N–H and O–H groups in total. The van der Waals surface area contributed by atoms with Crippen molar-refractivity contribution in [3.8, 4) is 11.1 Å². The summed E-state index contributed by atoms with van der Waals surface area (Å²) in [5.74, 6) is 14.8. The van der Waals surface area contributed by atoms with E-state index in [1.54, 1.807) is 5.56 Å². The van der Waals surface area contributed by atoms with Gasteiger partial charge in [-0.2, -0.15) is 0 Å². The third-order valence-electron chi connectivity index (χ3n) is 34.6. The summed E-state index contributed by atoms with van der Waals surface area (Å²) in [4.78, 5) is 1.82. The number of benzene rings is 10. The van der Waals surface area contributed by atoms with Crippen LogP contribution < -0.4 is 0 Å². The van der Waals surface area contributed by atoms with E-state index in [1.165, 1.54) is 64.2 Å². The molecule has 24 unspecified atom stereocenters. The van der Waals surface area contributed by atoms with Crippen LogP contribution in [0, 0.1) is 23.7 Å². The van der Waals surface area contributed by atoms with E-state index >= 15 is 0 Å². The van der Waals surface area contributed by atoms with Crippen molar-refractivity contribution < 1.29 is 0 Å². The molecule has 24 atom stereocenters. The molecule has 1 fully saturated rings. The Labute approximate surface area is 483 Å². The number of unbranched alkanes of at least 4 members (excludes halogenated alkanes) is 2. The zero-order valence-electron chi connectivity index (χ0n) is 47.3. The van der Waals surface area contributed by atoms with Gasteiger partial charge in [0.1, 0.15) is 0 Å². The molecule has 2 spiro atoms. The molecule has 0 amide bonds. The fourth-order valence-corrected chi connectivity index (χ4v) is 37.0. The quantitative estimate of drug-likeness (QED) is 0.110. The molecule has 1 saturated carbocycles. The molecule has 34 rings (SSSR count). The predicted octanol–water partition coefficient (Wildman–Crippen LogP) is 20.0. The molecule has 22 aliphatic carbocycles. The Morgan fingerprint density at radius 3 is 1.07 bits per heavy atom. The van der Waals surface area contributed by atoms with Crippen molar-refractivity contribution in [3.63, 3.8) is 0 Å². The normalized spacial score (nSPS) is 43.1. The van der Waals surface area contributed by atoms with Crippen molar-refractivity contribution in [2.75, 3.05) is 0 Å². The second kappa shape index (κ2) is 9.79. The first-order valence-electron chi connectivity index (χ1n) is 35.2. The molecule has 0 nitrogen and oxygen atoms in total. The van der Waals surface area contributed by atoms with E-state index in [4.69, 9.17) is 0 Å². The Hall–Kier alpha value is -5.37. The van der Waals surface area contributed by atoms with Crippen LogP contribution in [0.3, 0.4) is 0 Å². The Kier molecular flexibility index (Phi) is 4.47. The van der Waals surface area contributed by atoms with Crippen molar-refractivity contribution in [2.24, 2.45) is 23.7 Å². The molecule has 83 heavy (non-hydrogen) atoms. The van der Waals surface area contributed by atoms with Gasteiger partial charge in [-0.05, 0) is 374 Å². The lowest BCUT2D eigenvalue weighted by atomic mass is 9.39. The van der Waals surface area contributed by atoms with E-state index < -0.39 is 0 Å². The molecular weight excluding hydrogens is 1020 g/mol. The molecule has 390 valence electrons. The fourth-order valence-electron chi connectivity index (χ4n) is 34.8. The van der Waals surface area contributed by atoms with Crippen molar-refractivity contribution >= 4 is 97.9 Å². The lowest BCUT2D eigenvalue weighted by molar-refractivity contribution is 0.0341. The number of hydrogen-bond donors (Lipinski definition) is 0. The first kappa shape index (κ1) is 37.9. The number of rotatable bonds is 12. The maximum Gasteiger partial charge on any atom is 0.0645 e. The number of hydrogen-bond acceptors (Lipinski definition) is 1. The van der Waals surface area contributed by atoms with Crippen molar-refractivity contribution in [2.45, 2.75) is 213 Å². The summed E-state index contributed by atoms with van der Waals surface area (Å²) in [6.07, 6.45) is 13.4. The summed E-state index contributed by atoms with van der Waals surface area (Å²) < 4.78 is 0.0392. The molecule has 1 aliphatic heterocycles. The van der Waals surface area contributed by atoms with Crippen molar-refractivity contribution in [3.05, 3.63) is 140 Å². The molecule has 11 aromatic carbocycles. The van der Waals surface area contributed by atoms with Gasteiger partial charge in [0.15, 0.2) is 0 Å². The SMILES string of the molecule is CCCCC(CC)Cc1cc2c(cc1CC(CC)CCCC)C13c4c5c6c7c8c9c%10c%11c%12c%13c%14c%15c(c%16c%13c%10c7c4-%16)C1(S2)C1C%15C2c4c7c%10c%13c%15c%16c%17c%18c%19c%20c%21c%22c%23c(c4c4c%22c%19c%16c%104)C2C%14C%12C%23C%21C%11C9C%20C%18C8C6C%17C%15C5C3C%13C71. The maximum absolute atomic E-state index is 3.19. The second-order valence-electron chi connectivity index (χ2n) is 34.5. The fraction of sp³-hybridized carbons (Fsp3) is 0.463. The average molecular weight is 1070 g/mol. The summed E-state index contributed by atoms with van der Waals surface area (Å²) in [6.45, 7) is 10.0. The van der Waals surface area contributed by atoms with Gasteiger partial charge in [0, 0.05) is 10.3 Å². The van der Waals surface area contributed by atoms with Gasteiger partial charge in [-0.3, -0.25) is 0 Å². The van der Waals surface area contributed by atoms with Gasteiger partial charge in [-0.1, -0.05) is 85.1 Å². The van der Waals surface area contributed by atoms with Gasteiger partial charge < -0.3 is 0 Å². The third kappa shape index (κ3) is 2.48. The van der Waals surface area contributed by atoms with Crippen LogP contribution in [0.4, 0.5) is 0 Å². The number of fused-ring (bicyclic) bond motifs is 1. The van der Waals surface area contributed by atoms with Crippen LogP contribution in [0.2, 0.25) is 0 Å². The summed E-state index contributed by atoms with van der Waals surface area (Å²) in [6, 6.07) is 6.26. The third-order valence-corrected chi connectivity index (χ3v) is 36.3. The van der Waals surface area contributed by atoms with E-state index in [2.05, 4.69) is 107 Å². The van der Waals surface area contributed by atoms with E-state index in [-0.39, 0.29) is 10.2 Å². The molecule has 11 aromatic rings. The Bertz CT molecular complexity index is 5800. The lowest BCUT2D eigenvalue weighted by Gasteiger charge is -2.65. The van der Waals surface area contributed by atoms with Crippen LogP contribution in [0.25, 0.3) is 97.3 Å². The zero-order valence-corrected chi connectivity index (χ0v) is 48.2. The summed E-state index contributed by atoms with van der Waals surface area (Å²) >= 11 is 2.67. The largest absolute Gasteiger partial charge is 0.112 e. The van der Waals surface area contributed by atoms with Crippen LogP contribution in [-0.2, 0) is 23.0 Å². The van der Waals surface area contributed by atoms with Crippen LogP contribution >= 0.6 is 11.8 Å². The highest BCUT2D eigenvalue weighted by Crippen LogP contribution is 3.01. The predicted molar refractivity (Wildman–Crippen MR) is 331 cm³/mol. The summed E-state index contributed by atoms with van der Waals surface area (Å²) in [5.41, 5.74) is 50.6. The van der Waals surface area contributed by atoms with E-state index in [1.807, 2.05) is 169 Å². The smallest absolute Gasteiger partial charge is 0.0645 e. The van der Waals surface area contributed by atoms with Crippen molar-refractivity contribution in [1.82, 2.24) is 0 Å². The Balaban J connectivity index is 0.870. The van der Waals surface area contributed by atoms with Gasteiger partial charge in [0.25, 0.3) is 0 Å². The highest BCUT2D eigenvalue weighted by Gasteiger charge is 2.89. The first-order chi connectivity index (χ1) is 41.2. The topological polar surface area (TPSA) is 0 Å². The van der Waals surface area contributed by atoms with E-state index in [0.29, 0.717) is 118 Å². The minimum absolute atomic E-state index is 0.00528. The Morgan fingerprint density at radius 2 is 0.651 bits per heavy atom. The molecule has 0 aromatic heterocycles. The molecule has 1 heteroatoms. The van der Waals surface area contributed by atoms with Gasteiger partial charge in [0.2, 0.25) is 0 Å². The van der Waals surface area contributed by atoms with Crippen LogP contribution in [0.15, 0.2) is 17.0 Å². The monoisotopic (exact) mass is 1070 g/mol. The minimum Gasteiger partial charge on any atom is -0.112 e. The standard InChI is InChI=1S/C82H56S/c1-5-9-11-17(7-3)13-19-15-21-22(16-20(19)14-18(8-4)12-10-6-2)83-82-79-73-67-57-45-37-29-25-23-24-27-31(29)39(45)49-43-35(27)36-28(24)32-30-26(23)34-33(25)41-47(37)55-61-51(41)52-42(34)48-38(30)46-40(32)50-44(36)54-53(43)65(59(49)67)75(79)76-66(54)60(50)68-58(46)64-56(48)62(52)70-69(61)77(71(73)63(55)57)81(21,82)78(70)72(64)74(68)80(76)82/h15-18,25,27,29,31,33,35,41,43,51-54,62,66,70,72,74,76,78,80H,5-14H2,1-4H3. The average Bonchev–Trinajstić information content (AvgIpc) is 1.39. The maximum atomic E-state index is 3.19. The minimum atomic E-state index is 0.00528. The van der Waals surface area contributed by atoms with Crippen molar-refractivity contribution in [1.29, 1.82) is 0 Å². The van der Waals surface area contributed by atoms with Crippen LogP contribution in [0.1, 0.15) is 314 Å². The highest BCUT2D eigenvalue weighted by molar-refractivity contribution is 8.00. The van der Waals surface area contributed by atoms with Crippen LogP contribution in [0.5, 0.6) is 0 Å². The lowest BCUT2D eigenvalue weighted by Crippen LogP contribution is -2.62. The summed E-state index contributed by atoms with van der Waals surface area (Å²) in [7, 11) is 0. The first-order valence-corrected chi connectivity index (χ1v) is 36.1. The second-order valence-corrected chi connectivity index (χ2v) is 35.8. The van der Waals surface area contributed by atoms with Gasteiger partial charge in [-0.25, -0.2) is 0 Å².